The molecule has 0 aliphatic rings. The normalized spacial score (nSPS) is 13.8. The van der Waals surface area contributed by atoms with Gasteiger partial charge in [-0.1, -0.05) is 0 Å². The largest absolute Gasteiger partial charge is 0.342 e. The molecule has 0 saturated carbocycles. The molecule has 0 bridgehead atoms. The van der Waals surface area contributed by atoms with E-state index in [4.69, 9.17) is 10.7 Å². The molecule has 0 heterocycles. The molecule has 6 heteroatoms. The number of carbonyl (C=O) groups excluding carboxylic acids is 1. The zero-order valence-corrected chi connectivity index (χ0v) is 9.52. The molecule has 13 heavy (non-hydrogen) atoms. The Bertz CT molecular complexity index is 271. The second-order valence-electron chi connectivity index (χ2n) is 2.63. The predicted octanol–water partition coefficient (Wildman–Crippen LogP) is 0.812. The summed E-state index contributed by atoms with van der Waals surface area (Å²) >= 11 is 0. The Kier molecular flexibility index (Phi) is 4.70. The van der Waals surface area contributed by atoms with Crippen LogP contribution < -0.4 is 0 Å². The topological polar surface area (TPSA) is 54.5 Å². The molecular formula is C7H14ClNO3S. The molecule has 78 valence electrons. The molecule has 0 saturated heterocycles. The zero-order valence-electron chi connectivity index (χ0n) is 7.95. The molecule has 0 aromatic carbocycles. The standard InChI is InChI=1S/C7H14ClNO3S/c1-4-9(5-2)7(10)6(3)13(8,11)12/h6H,4-5H2,1-3H3/t6-/m1/s1. The lowest BCUT2D eigenvalue weighted by Crippen LogP contribution is -2.39. The smallest absolute Gasteiger partial charge is 0.244 e. The van der Waals surface area contributed by atoms with Crippen LogP contribution in [0, 0.1) is 0 Å². The lowest BCUT2D eigenvalue weighted by Gasteiger charge is -2.20. The molecule has 0 spiro atoms. The Morgan fingerprint density at radius 1 is 1.38 bits per heavy atom. The van der Waals surface area contributed by atoms with Crippen LogP contribution in [0.2, 0.25) is 0 Å². The SMILES string of the molecule is CCN(CC)C(=O)[C@@H](C)S(=O)(=O)Cl. The molecule has 1 atom stereocenters. The lowest BCUT2D eigenvalue weighted by atomic mass is 10.4. The highest BCUT2D eigenvalue weighted by molar-refractivity contribution is 8.14. The third kappa shape index (κ3) is 3.52. The first-order valence-electron chi connectivity index (χ1n) is 4.06. The Balaban J connectivity index is 4.60. The summed E-state index contributed by atoms with van der Waals surface area (Å²) in [4.78, 5) is 12.8. The summed E-state index contributed by atoms with van der Waals surface area (Å²) < 4.78 is 21.7. The third-order valence-corrected chi connectivity index (χ3v) is 3.69. The first-order chi connectivity index (χ1) is 5.84. The van der Waals surface area contributed by atoms with Gasteiger partial charge < -0.3 is 4.90 Å². The van der Waals surface area contributed by atoms with E-state index in [2.05, 4.69) is 0 Å². The molecule has 1 amide bonds. The van der Waals surface area contributed by atoms with Gasteiger partial charge in [-0.2, -0.15) is 0 Å². The number of amides is 1. The number of hydrogen-bond donors (Lipinski definition) is 0. The molecule has 0 aliphatic heterocycles. The van der Waals surface area contributed by atoms with Gasteiger partial charge in [0.2, 0.25) is 15.0 Å². The van der Waals surface area contributed by atoms with Gasteiger partial charge in [0.25, 0.3) is 0 Å². The van der Waals surface area contributed by atoms with Crippen molar-refractivity contribution in [1.29, 1.82) is 0 Å². The molecule has 0 aromatic rings. The minimum absolute atomic E-state index is 0.444. The van der Waals surface area contributed by atoms with Gasteiger partial charge in [-0.15, -0.1) is 0 Å². The Hall–Kier alpha value is -0.290. The monoisotopic (exact) mass is 227 g/mol. The van der Waals surface area contributed by atoms with Crippen molar-refractivity contribution in [2.45, 2.75) is 26.0 Å². The number of carbonyl (C=O) groups is 1. The van der Waals surface area contributed by atoms with Crippen LogP contribution in [0.5, 0.6) is 0 Å². The van der Waals surface area contributed by atoms with E-state index in [1.807, 2.05) is 0 Å². The molecule has 0 N–H and O–H groups in total. The van der Waals surface area contributed by atoms with E-state index in [1.165, 1.54) is 11.8 Å². The van der Waals surface area contributed by atoms with Gasteiger partial charge in [0.1, 0.15) is 0 Å². The highest BCUT2D eigenvalue weighted by Gasteiger charge is 2.28. The molecule has 0 radical (unpaired) electrons. The average Bonchev–Trinajstić information content (AvgIpc) is 2.03. The van der Waals surface area contributed by atoms with Gasteiger partial charge in [0, 0.05) is 23.8 Å². The maximum absolute atomic E-state index is 11.4. The first-order valence-corrected chi connectivity index (χ1v) is 6.44. The van der Waals surface area contributed by atoms with Gasteiger partial charge in [-0.3, -0.25) is 4.79 Å². The van der Waals surface area contributed by atoms with E-state index in [-0.39, 0.29) is 0 Å². The van der Waals surface area contributed by atoms with Gasteiger partial charge >= 0.3 is 0 Å². The van der Waals surface area contributed by atoms with E-state index in [1.54, 1.807) is 13.8 Å². The molecule has 0 unspecified atom stereocenters. The van der Waals surface area contributed by atoms with Crippen LogP contribution in [0.15, 0.2) is 0 Å². The van der Waals surface area contributed by atoms with E-state index < -0.39 is 20.2 Å². The molecular weight excluding hydrogens is 214 g/mol. The van der Waals surface area contributed by atoms with Crippen molar-refractivity contribution in [3.8, 4) is 0 Å². The van der Waals surface area contributed by atoms with E-state index in [0.717, 1.165) is 0 Å². The van der Waals surface area contributed by atoms with E-state index in [9.17, 15) is 13.2 Å². The predicted molar refractivity (Wildman–Crippen MR) is 52.2 cm³/mol. The molecule has 0 fully saturated rings. The van der Waals surface area contributed by atoms with Crippen molar-refractivity contribution in [2.24, 2.45) is 0 Å². The Morgan fingerprint density at radius 2 is 1.77 bits per heavy atom. The number of nitrogens with zero attached hydrogens (tertiary/aromatic N) is 1. The number of halogens is 1. The fourth-order valence-electron chi connectivity index (χ4n) is 0.913. The summed E-state index contributed by atoms with van der Waals surface area (Å²) in [5.41, 5.74) is 0. The minimum Gasteiger partial charge on any atom is -0.342 e. The van der Waals surface area contributed by atoms with Crippen molar-refractivity contribution < 1.29 is 13.2 Å². The van der Waals surface area contributed by atoms with Crippen LogP contribution in [0.3, 0.4) is 0 Å². The number of hydrogen-bond acceptors (Lipinski definition) is 3. The highest BCUT2D eigenvalue weighted by atomic mass is 35.7. The lowest BCUT2D eigenvalue weighted by molar-refractivity contribution is -0.130. The van der Waals surface area contributed by atoms with Gasteiger partial charge in [0.05, 0.1) is 0 Å². The van der Waals surface area contributed by atoms with Crippen LogP contribution >= 0.6 is 10.7 Å². The van der Waals surface area contributed by atoms with Gasteiger partial charge in [-0.25, -0.2) is 8.42 Å². The minimum atomic E-state index is -3.79. The van der Waals surface area contributed by atoms with Crippen LogP contribution in [-0.4, -0.2) is 37.6 Å². The summed E-state index contributed by atoms with van der Waals surface area (Å²) in [6, 6.07) is 0. The molecule has 4 nitrogen and oxygen atoms in total. The second-order valence-corrected chi connectivity index (χ2v) is 5.58. The molecule has 0 rings (SSSR count). The first kappa shape index (κ1) is 12.7. The number of rotatable bonds is 4. The summed E-state index contributed by atoms with van der Waals surface area (Å²) in [7, 11) is 1.27. The van der Waals surface area contributed by atoms with Crippen LogP contribution in [0.1, 0.15) is 20.8 Å². The van der Waals surface area contributed by atoms with Gasteiger partial charge in [0.15, 0.2) is 5.25 Å². The summed E-state index contributed by atoms with van der Waals surface area (Å²) in [5, 5.41) is -1.16. The average molecular weight is 228 g/mol. The van der Waals surface area contributed by atoms with Crippen molar-refractivity contribution in [3.63, 3.8) is 0 Å². The fourth-order valence-corrected chi connectivity index (χ4v) is 1.53. The van der Waals surface area contributed by atoms with Crippen molar-refractivity contribution >= 4 is 25.6 Å². The molecule has 0 aliphatic carbocycles. The van der Waals surface area contributed by atoms with Gasteiger partial charge in [-0.05, 0) is 20.8 Å². The van der Waals surface area contributed by atoms with Crippen molar-refractivity contribution in [3.05, 3.63) is 0 Å². The zero-order chi connectivity index (χ0) is 10.6. The summed E-state index contributed by atoms with van der Waals surface area (Å²) in [5.74, 6) is -0.444. The van der Waals surface area contributed by atoms with Crippen LogP contribution in [0.4, 0.5) is 0 Å². The Morgan fingerprint density at radius 3 is 2.00 bits per heavy atom. The second kappa shape index (κ2) is 4.81. The maximum Gasteiger partial charge on any atom is 0.244 e. The van der Waals surface area contributed by atoms with Crippen LogP contribution in [-0.2, 0) is 13.8 Å². The van der Waals surface area contributed by atoms with Crippen molar-refractivity contribution in [2.75, 3.05) is 13.1 Å². The maximum atomic E-state index is 11.4. The fraction of sp³-hybridized carbons (Fsp3) is 0.857. The van der Waals surface area contributed by atoms with Crippen LogP contribution in [0.25, 0.3) is 0 Å². The van der Waals surface area contributed by atoms with E-state index >= 15 is 0 Å². The quantitative estimate of drug-likeness (QED) is 0.668. The Labute approximate surface area is 83.3 Å². The third-order valence-electron chi connectivity index (χ3n) is 1.85. The highest BCUT2D eigenvalue weighted by Crippen LogP contribution is 2.09. The summed E-state index contributed by atoms with van der Waals surface area (Å²) in [6.45, 7) is 5.85. The van der Waals surface area contributed by atoms with Crippen molar-refractivity contribution in [1.82, 2.24) is 4.90 Å². The summed E-state index contributed by atoms with van der Waals surface area (Å²) in [6.07, 6.45) is 0. The van der Waals surface area contributed by atoms with E-state index in [0.29, 0.717) is 13.1 Å². The molecule has 0 aromatic heterocycles.